The number of fused-ring (bicyclic) bond motifs is 1. The van der Waals surface area contributed by atoms with Crippen molar-refractivity contribution in [1.82, 2.24) is 0 Å². The van der Waals surface area contributed by atoms with Gasteiger partial charge in [-0.05, 0) is 37.8 Å². The van der Waals surface area contributed by atoms with Gasteiger partial charge >= 0.3 is 5.97 Å². The highest BCUT2D eigenvalue weighted by molar-refractivity contribution is 5.75. The molecule has 2 aliphatic rings. The molecule has 0 amide bonds. The van der Waals surface area contributed by atoms with Crippen LogP contribution in [-0.4, -0.2) is 18.2 Å². The van der Waals surface area contributed by atoms with Crippen LogP contribution in [0.15, 0.2) is 42.5 Å². The zero-order valence-corrected chi connectivity index (χ0v) is 13.2. The molecule has 4 atom stereocenters. The van der Waals surface area contributed by atoms with Gasteiger partial charge in [0.25, 0.3) is 0 Å². The summed E-state index contributed by atoms with van der Waals surface area (Å²) in [7, 11) is 0. The fourth-order valence-electron chi connectivity index (χ4n) is 3.80. The Kier molecular flexibility index (Phi) is 4.51. The predicted molar refractivity (Wildman–Crippen MR) is 85.6 cm³/mol. The van der Waals surface area contributed by atoms with Crippen molar-refractivity contribution in [2.75, 3.05) is 0 Å². The molecule has 0 aliphatic heterocycles. The van der Waals surface area contributed by atoms with E-state index in [1.165, 1.54) is 24.8 Å². The van der Waals surface area contributed by atoms with Gasteiger partial charge < -0.3 is 9.47 Å². The molecule has 1 aromatic rings. The van der Waals surface area contributed by atoms with E-state index in [9.17, 15) is 4.79 Å². The zero-order chi connectivity index (χ0) is 15.5. The van der Waals surface area contributed by atoms with Crippen molar-refractivity contribution < 1.29 is 14.3 Å². The van der Waals surface area contributed by atoms with E-state index < -0.39 is 6.10 Å². The van der Waals surface area contributed by atoms with Gasteiger partial charge in [0.15, 0.2) is 6.10 Å². The second-order valence-corrected chi connectivity index (χ2v) is 6.47. The lowest BCUT2D eigenvalue weighted by Crippen LogP contribution is -2.33. The number of para-hydroxylation sites is 1. The predicted octanol–water partition coefficient (Wildman–Crippen LogP) is 4.13. The number of rotatable bonds is 4. The Morgan fingerprint density at radius 1 is 1.23 bits per heavy atom. The Morgan fingerprint density at radius 2 is 1.95 bits per heavy atom. The fraction of sp³-hybridized carbons (Fsp3) is 0.526. The molecule has 3 nitrogen and oxygen atoms in total. The summed E-state index contributed by atoms with van der Waals surface area (Å²) >= 11 is 0. The first-order valence-corrected chi connectivity index (χ1v) is 8.25. The van der Waals surface area contributed by atoms with Gasteiger partial charge in [-0.25, -0.2) is 4.79 Å². The van der Waals surface area contributed by atoms with Gasteiger partial charge in [0.2, 0.25) is 0 Å². The third-order valence-electron chi connectivity index (χ3n) is 4.94. The molecular formula is C19H24O3. The second-order valence-electron chi connectivity index (χ2n) is 6.47. The van der Waals surface area contributed by atoms with Crippen molar-refractivity contribution in [2.24, 2.45) is 11.8 Å². The van der Waals surface area contributed by atoms with E-state index in [0.717, 1.165) is 12.8 Å². The first kappa shape index (κ1) is 15.1. The molecule has 0 bridgehead atoms. The fourth-order valence-corrected chi connectivity index (χ4v) is 3.80. The third kappa shape index (κ3) is 3.18. The van der Waals surface area contributed by atoms with Gasteiger partial charge in [0, 0.05) is 12.3 Å². The lowest BCUT2D eigenvalue weighted by atomic mass is 9.80. The molecule has 0 radical (unpaired) electrons. The van der Waals surface area contributed by atoms with Gasteiger partial charge in [-0.1, -0.05) is 43.2 Å². The highest BCUT2D eigenvalue weighted by Crippen LogP contribution is 2.46. The molecule has 1 aromatic carbocycles. The van der Waals surface area contributed by atoms with E-state index >= 15 is 0 Å². The topological polar surface area (TPSA) is 35.5 Å². The van der Waals surface area contributed by atoms with Crippen LogP contribution >= 0.6 is 0 Å². The molecule has 0 N–H and O–H groups in total. The van der Waals surface area contributed by atoms with Crippen LogP contribution in [-0.2, 0) is 9.53 Å². The molecule has 2 saturated carbocycles. The van der Waals surface area contributed by atoms with Crippen molar-refractivity contribution in [3.63, 3.8) is 0 Å². The van der Waals surface area contributed by atoms with Crippen LogP contribution in [0.5, 0.6) is 5.75 Å². The minimum atomic E-state index is -0.585. The summed E-state index contributed by atoms with van der Waals surface area (Å²) in [4.78, 5) is 12.3. The quantitative estimate of drug-likeness (QED) is 0.619. The smallest absolute Gasteiger partial charge is 0.347 e. The number of hydrogen-bond acceptors (Lipinski definition) is 3. The minimum absolute atomic E-state index is 0.00729. The summed E-state index contributed by atoms with van der Waals surface area (Å²) in [5, 5.41) is 0. The van der Waals surface area contributed by atoms with Gasteiger partial charge in [0.1, 0.15) is 11.9 Å². The highest BCUT2D eigenvalue weighted by atomic mass is 16.6. The molecule has 3 rings (SSSR count). The maximum Gasteiger partial charge on any atom is 0.347 e. The molecule has 2 aliphatic carbocycles. The molecule has 0 aromatic heterocycles. The average molecular weight is 300 g/mol. The highest BCUT2D eigenvalue weighted by Gasteiger charge is 2.42. The van der Waals surface area contributed by atoms with Crippen molar-refractivity contribution in [3.05, 3.63) is 42.5 Å². The van der Waals surface area contributed by atoms with Crippen LogP contribution < -0.4 is 4.74 Å². The van der Waals surface area contributed by atoms with Crippen molar-refractivity contribution in [2.45, 2.75) is 51.2 Å². The lowest BCUT2D eigenvalue weighted by Gasteiger charge is -2.29. The van der Waals surface area contributed by atoms with Crippen LogP contribution in [0.3, 0.4) is 0 Å². The monoisotopic (exact) mass is 300 g/mol. The van der Waals surface area contributed by atoms with Gasteiger partial charge in [0.05, 0.1) is 0 Å². The normalized spacial score (nSPS) is 28.8. The van der Waals surface area contributed by atoms with Gasteiger partial charge in [-0.3, -0.25) is 0 Å². The molecule has 0 saturated heterocycles. The van der Waals surface area contributed by atoms with E-state index in [1.54, 1.807) is 6.92 Å². The van der Waals surface area contributed by atoms with E-state index in [0.29, 0.717) is 17.6 Å². The Bertz CT molecular complexity index is 537. The largest absolute Gasteiger partial charge is 0.479 e. The maximum absolute atomic E-state index is 12.3. The standard InChI is InChI=1S/C19H24O3/c1-13-12-18(17-11-7-6-10-16(13)17)22-19(20)14(2)21-15-8-4-3-5-9-15/h3-5,8-9,14,16-18H,1,6-7,10-12H2,2H3/t14-,16+,17+,18+/m1/s1. The van der Waals surface area contributed by atoms with E-state index in [2.05, 4.69) is 6.58 Å². The number of ether oxygens (including phenoxy) is 2. The molecule has 0 heterocycles. The third-order valence-corrected chi connectivity index (χ3v) is 4.94. The van der Waals surface area contributed by atoms with Gasteiger partial charge in [-0.2, -0.15) is 0 Å². The first-order valence-electron chi connectivity index (χ1n) is 8.25. The number of hydrogen-bond donors (Lipinski definition) is 0. The number of esters is 1. The van der Waals surface area contributed by atoms with Crippen LogP contribution in [0.25, 0.3) is 0 Å². The molecule has 0 unspecified atom stereocenters. The Morgan fingerprint density at radius 3 is 2.73 bits per heavy atom. The van der Waals surface area contributed by atoms with Crippen LogP contribution in [0, 0.1) is 11.8 Å². The Labute approximate surface area is 132 Å². The van der Waals surface area contributed by atoms with E-state index in [1.807, 2.05) is 30.3 Å². The summed E-state index contributed by atoms with van der Waals surface area (Å²) in [5.74, 6) is 1.44. The second kappa shape index (κ2) is 6.55. The van der Waals surface area contributed by atoms with Gasteiger partial charge in [-0.15, -0.1) is 0 Å². The first-order chi connectivity index (χ1) is 10.6. The molecule has 3 heteroatoms. The Hall–Kier alpha value is -1.77. The van der Waals surface area contributed by atoms with Crippen LogP contribution in [0.1, 0.15) is 39.0 Å². The summed E-state index contributed by atoms with van der Waals surface area (Å²) < 4.78 is 11.4. The number of carbonyl (C=O) groups is 1. The summed E-state index contributed by atoms with van der Waals surface area (Å²) in [6, 6.07) is 9.39. The minimum Gasteiger partial charge on any atom is -0.479 e. The van der Waals surface area contributed by atoms with Crippen LogP contribution in [0.2, 0.25) is 0 Å². The van der Waals surface area contributed by atoms with E-state index in [4.69, 9.17) is 9.47 Å². The van der Waals surface area contributed by atoms with Crippen molar-refractivity contribution in [1.29, 1.82) is 0 Å². The molecule has 2 fully saturated rings. The molecule has 118 valence electrons. The number of carbonyl (C=O) groups excluding carboxylic acids is 1. The molecule has 22 heavy (non-hydrogen) atoms. The number of benzene rings is 1. The summed E-state index contributed by atoms with van der Waals surface area (Å²) in [6.45, 7) is 5.93. The molecular weight excluding hydrogens is 276 g/mol. The SMILES string of the molecule is C=C1C[C@H](OC(=O)[C@@H](C)Oc2ccccc2)[C@H]2CCCC[C@@H]12. The maximum atomic E-state index is 12.3. The Balaban J connectivity index is 1.58. The van der Waals surface area contributed by atoms with Crippen molar-refractivity contribution in [3.8, 4) is 5.75 Å². The summed E-state index contributed by atoms with van der Waals surface area (Å²) in [5.41, 5.74) is 1.26. The zero-order valence-electron chi connectivity index (χ0n) is 13.2. The lowest BCUT2D eigenvalue weighted by molar-refractivity contribution is -0.159. The van der Waals surface area contributed by atoms with Crippen LogP contribution in [0.4, 0.5) is 0 Å². The van der Waals surface area contributed by atoms with E-state index in [-0.39, 0.29) is 12.1 Å². The van der Waals surface area contributed by atoms with Crippen molar-refractivity contribution >= 4 is 5.97 Å². The average Bonchev–Trinajstić information content (AvgIpc) is 2.85. The summed E-state index contributed by atoms with van der Waals surface area (Å²) in [6.07, 6.45) is 5.08. The molecule has 0 spiro atoms.